The zero-order valence-corrected chi connectivity index (χ0v) is 15.4. The van der Waals surface area contributed by atoms with Gasteiger partial charge in [0.15, 0.2) is 0 Å². The molecule has 7 heteroatoms. The quantitative estimate of drug-likeness (QED) is 0.618. The number of hydrogen-bond donors (Lipinski definition) is 1. The Morgan fingerprint density at radius 1 is 1.15 bits per heavy atom. The summed E-state index contributed by atoms with van der Waals surface area (Å²) in [7, 11) is 1.62. The first-order valence-corrected chi connectivity index (χ1v) is 8.71. The van der Waals surface area contributed by atoms with Crippen LogP contribution in [0.1, 0.15) is 28.5 Å². The largest absolute Gasteiger partial charge is 0.497 e. The molecule has 3 aromatic rings. The Kier molecular flexibility index (Phi) is 6.17. The van der Waals surface area contributed by atoms with Gasteiger partial charge in [-0.2, -0.15) is 5.10 Å². The number of nitrogens with zero attached hydrogens (tertiary/aromatic N) is 3. The monoisotopic (exact) mass is 366 g/mol. The van der Waals surface area contributed by atoms with E-state index in [4.69, 9.17) is 9.47 Å². The van der Waals surface area contributed by atoms with Crippen LogP contribution in [-0.4, -0.2) is 34.5 Å². The van der Waals surface area contributed by atoms with Gasteiger partial charge in [0.2, 0.25) is 0 Å². The number of pyridine rings is 1. The number of methoxy groups -OCH3 is 1. The van der Waals surface area contributed by atoms with Crippen LogP contribution in [0, 0.1) is 0 Å². The van der Waals surface area contributed by atoms with Gasteiger partial charge in [-0.3, -0.25) is 4.98 Å². The van der Waals surface area contributed by atoms with E-state index in [0.29, 0.717) is 25.3 Å². The summed E-state index contributed by atoms with van der Waals surface area (Å²) in [6.07, 6.45) is 5.09. The molecule has 0 bridgehead atoms. The predicted molar refractivity (Wildman–Crippen MR) is 101 cm³/mol. The fourth-order valence-electron chi connectivity index (χ4n) is 2.70. The molecule has 0 aliphatic heterocycles. The standard InChI is InChI=1S/C20H22N4O3/c1-3-27-20(25)18-13-23-24(16-6-8-17(26-2)9-7-16)19(18)14-22-12-15-5-4-10-21-11-15/h4-11,13,22H,3,12,14H2,1-2H3. The lowest BCUT2D eigenvalue weighted by molar-refractivity contribution is 0.0525. The number of benzene rings is 1. The van der Waals surface area contributed by atoms with Crippen molar-refractivity contribution in [3.8, 4) is 11.4 Å². The number of aromatic nitrogens is 3. The molecular formula is C20H22N4O3. The van der Waals surface area contributed by atoms with Crippen LogP contribution >= 0.6 is 0 Å². The summed E-state index contributed by atoms with van der Waals surface area (Å²) in [6.45, 7) is 3.18. The maximum Gasteiger partial charge on any atom is 0.341 e. The van der Waals surface area contributed by atoms with Gasteiger partial charge >= 0.3 is 5.97 Å². The molecule has 0 saturated carbocycles. The van der Waals surface area contributed by atoms with Crippen molar-refractivity contribution in [1.82, 2.24) is 20.1 Å². The SMILES string of the molecule is CCOC(=O)c1cnn(-c2ccc(OC)cc2)c1CNCc1cccnc1. The molecule has 0 aliphatic rings. The number of hydrogen-bond acceptors (Lipinski definition) is 6. The second kappa shape index (κ2) is 8.95. The van der Waals surface area contributed by atoms with Crippen LogP contribution in [0.5, 0.6) is 5.75 Å². The molecule has 0 spiro atoms. The van der Waals surface area contributed by atoms with Crippen molar-refractivity contribution in [2.45, 2.75) is 20.0 Å². The fraction of sp³-hybridized carbons (Fsp3) is 0.250. The molecule has 7 nitrogen and oxygen atoms in total. The normalized spacial score (nSPS) is 10.6. The average molecular weight is 366 g/mol. The minimum Gasteiger partial charge on any atom is -0.497 e. The van der Waals surface area contributed by atoms with E-state index in [9.17, 15) is 4.79 Å². The first kappa shape index (κ1) is 18.6. The molecule has 0 saturated heterocycles. The molecule has 3 rings (SSSR count). The van der Waals surface area contributed by atoms with Crippen LogP contribution in [0.4, 0.5) is 0 Å². The fourth-order valence-corrected chi connectivity index (χ4v) is 2.70. The van der Waals surface area contributed by atoms with Crippen LogP contribution in [0.15, 0.2) is 55.0 Å². The van der Waals surface area contributed by atoms with E-state index in [0.717, 1.165) is 22.7 Å². The van der Waals surface area contributed by atoms with Gasteiger partial charge in [-0.05, 0) is 42.8 Å². The Balaban J connectivity index is 1.85. The second-order valence-corrected chi connectivity index (χ2v) is 5.80. The van der Waals surface area contributed by atoms with Crippen molar-refractivity contribution >= 4 is 5.97 Å². The molecule has 0 unspecified atom stereocenters. The minimum atomic E-state index is -0.379. The van der Waals surface area contributed by atoms with Crippen LogP contribution in [0.25, 0.3) is 5.69 Å². The first-order valence-electron chi connectivity index (χ1n) is 8.71. The third-order valence-electron chi connectivity index (χ3n) is 4.03. The molecule has 1 aromatic carbocycles. The summed E-state index contributed by atoms with van der Waals surface area (Å²) < 4.78 is 12.1. The van der Waals surface area contributed by atoms with E-state index in [1.807, 2.05) is 36.4 Å². The molecule has 140 valence electrons. The van der Waals surface area contributed by atoms with Crippen LogP contribution in [0.3, 0.4) is 0 Å². The van der Waals surface area contributed by atoms with Gasteiger partial charge in [-0.15, -0.1) is 0 Å². The van der Waals surface area contributed by atoms with Gasteiger partial charge in [-0.1, -0.05) is 6.07 Å². The Labute approximate surface area is 158 Å². The maximum absolute atomic E-state index is 12.3. The zero-order chi connectivity index (χ0) is 19.1. The van der Waals surface area contributed by atoms with Crippen LogP contribution in [0.2, 0.25) is 0 Å². The number of esters is 1. The van der Waals surface area contributed by atoms with Crippen molar-refractivity contribution in [2.75, 3.05) is 13.7 Å². The summed E-state index contributed by atoms with van der Waals surface area (Å²) in [6, 6.07) is 11.4. The molecule has 2 heterocycles. The highest BCUT2D eigenvalue weighted by molar-refractivity contribution is 5.90. The van der Waals surface area contributed by atoms with Crippen molar-refractivity contribution < 1.29 is 14.3 Å². The van der Waals surface area contributed by atoms with E-state index in [1.165, 1.54) is 0 Å². The molecule has 0 fully saturated rings. The van der Waals surface area contributed by atoms with Gasteiger partial charge < -0.3 is 14.8 Å². The van der Waals surface area contributed by atoms with Gasteiger partial charge in [0.25, 0.3) is 0 Å². The highest BCUT2D eigenvalue weighted by atomic mass is 16.5. The number of carbonyl (C=O) groups is 1. The van der Waals surface area contributed by atoms with Crippen molar-refractivity contribution in [1.29, 1.82) is 0 Å². The molecule has 27 heavy (non-hydrogen) atoms. The summed E-state index contributed by atoms with van der Waals surface area (Å²) in [5.41, 5.74) is 3.09. The second-order valence-electron chi connectivity index (χ2n) is 5.80. The lowest BCUT2D eigenvalue weighted by Crippen LogP contribution is -2.19. The molecule has 1 N–H and O–H groups in total. The highest BCUT2D eigenvalue weighted by Gasteiger charge is 2.19. The third-order valence-corrected chi connectivity index (χ3v) is 4.03. The first-order chi connectivity index (χ1) is 13.2. The average Bonchev–Trinajstić information content (AvgIpc) is 3.13. The number of carbonyl (C=O) groups excluding carboxylic acids is 1. The summed E-state index contributed by atoms with van der Waals surface area (Å²) >= 11 is 0. The van der Waals surface area contributed by atoms with E-state index in [-0.39, 0.29) is 5.97 Å². The Morgan fingerprint density at radius 3 is 2.63 bits per heavy atom. The van der Waals surface area contributed by atoms with Gasteiger partial charge in [0, 0.05) is 25.5 Å². The molecule has 2 aromatic heterocycles. The Hall–Kier alpha value is -3.19. The zero-order valence-electron chi connectivity index (χ0n) is 15.4. The Bertz CT molecular complexity index is 876. The van der Waals surface area contributed by atoms with E-state index < -0.39 is 0 Å². The lowest BCUT2D eigenvalue weighted by atomic mass is 10.2. The molecule has 0 amide bonds. The highest BCUT2D eigenvalue weighted by Crippen LogP contribution is 2.19. The van der Waals surface area contributed by atoms with E-state index in [2.05, 4.69) is 15.4 Å². The molecule has 0 aliphatic carbocycles. The third kappa shape index (κ3) is 4.51. The predicted octanol–water partition coefficient (Wildman–Crippen LogP) is 2.74. The molecule has 0 radical (unpaired) electrons. The molecular weight excluding hydrogens is 344 g/mol. The van der Waals surface area contributed by atoms with Crippen LogP contribution < -0.4 is 10.1 Å². The van der Waals surface area contributed by atoms with Gasteiger partial charge in [-0.25, -0.2) is 9.48 Å². The number of rotatable bonds is 8. The lowest BCUT2D eigenvalue weighted by Gasteiger charge is -2.11. The van der Waals surface area contributed by atoms with Crippen molar-refractivity contribution in [2.24, 2.45) is 0 Å². The van der Waals surface area contributed by atoms with E-state index >= 15 is 0 Å². The van der Waals surface area contributed by atoms with Crippen molar-refractivity contribution in [3.05, 3.63) is 71.8 Å². The minimum absolute atomic E-state index is 0.315. The molecule has 0 atom stereocenters. The summed E-state index contributed by atoms with van der Waals surface area (Å²) in [5, 5.41) is 7.73. The topological polar surface area (TPSA) is 78.3 Å². The number of ether oxygens (including phenoxy) is 2. The smallest absolute Gasteiger partial charge is 0.341 e. The summed E-state index contributed by atoms with van der Waals surface area (Å²) in [5.74, 6) is 0.378. The van der Waals surface area contributed by atoms with Crippen LogP contribution in [-0.2, 0) is 17.8 Å². The number of nitrogens with one attached hydrogen (secondary N) is 1. The van der Waals surface area contributed by atoms with Gasteiger partial charge in [0.1, 0.15) is 11.3 Å². The summed E-state index contributed by atoms with van der Waals surface area (Å²) in [4.78, 5) is 16.4. The van der Waals surface area contributed by atoms with Crippen molar-refractivity contribution in [3.63, 3.8) is 0 Å². The maximum atomic E-state index is 12.3. The Morgan fingerprint density at radius 2 is 1.96 bits per heavy atom. The van der Waals surface area contributed by atoms with Gasteiger partial charge in [0.05, 0.1) is 31.3 Å². The van der Waals surface area contributed by atoms with E-state index in [1.54, 1.807) is 37.3 Å².